The molecule has 0 saturated carbocycles. The van der Waals surface area contributed by atoms with Crippen molar-refractivity contribution in [1.29, 1.82) is 0 Å². The van der Waals surface area contributed by atoms with Gasteiger partial charge in [-0.05, 0) is 51.9 Å². The number of nitrogens with zero attached hydrogens (tertiary/aromatic N) is 2. The molecule has 0 N–H and O–H groups in total. The van der Waals surface area contributed by atoms with Crippen LogP contribution in [0.3, 0.4) is 0 Å². The summed E-state index contributed by atoms with van der Waals surface area (Å²) in [5.41, 5.74) is 0. The molecule has 2 fully saturated rings. The molecule has 0 spiro atoms. The van der Waals surface area contributed by atoms with Crippen molar-refractivity contribution < 1.29 is 0 Å². The second-order valence-corrected chi connectivity index (χ2v) is 4.32. The van der Waals surface area contributed by atoms with Crippen LogP contribution in [-0.2, 0) is 0 Å². The molecule has 0 aromatic heterocycles. The standard InChI is InChI=1S/C12H20N2.2ClH/c1-2-8-13(7-1)11-5-6-12-14-9-3-4-10-14;;/h1-4,7-12H2;2*1H. The van der Waals surface area contributed by atoms with Crippen LogP contribution in [-0.4, -0.2) is 49.1 Å². The monoisotopic (exact) mass is 264 g/mol. The third-order valence-corrected chi connectivity index (χ3v) is 3.13. The minimum Gasteiger partial charge on any atom is -0.292 e. The second-order valence-electron chi connectivity index (χ2n) is 4.32. The maximum Gasteiger partial charge on any atom is 0.0602 e. The number of likely N-dealkylation sites (tertiary alicyclic amines) is 2. The Hall–Kier alpha value is 0.0600. The minimum absolute atomic E-state index is 0. The number of hydrogen-bond acceptors (Lipinski definition) is 2. The normalized spacial score (nSPS) is 20.8. The largest absolute Gasteiger partial charge is 0.292 e. The van der Waals surface area contributed by atoms with Gasteiger partial charge in [-0.3, -0.25) is 9.80 Å². The van der Waals surface area contributed by atoms with Crippen LogP contribution in [0.25, 0.3) is 0 Å². The average Bonchev–Trinajstić information content (AvgIpc) is 2.86. The van der Waals surface area contributed by atoms with Gasteiger partial charge >= 0.3 is 0 Å². The van der Waals surface area contributed by atoms with Crippen LogP contribution in [0.1, 0.15) is 25.7 Å². The molecule has 0 aromatic carbocycles. The molecule has 16 heavy (non-hydrogen) atoms. The van der Waals surface area contributed by atoms with Crippen LogP contribution in [0.2, 0.25) is 0 Å². The van der Waals surface area contributed by atoms with E-state index in [0.29, 0.717) is 0 Å². The summed E-state index contributed by atoms with van der Waals surface area (Å²) < 4.78 is 0. The van der Waals surface area contributed by atoms with Gasteiger partial charge in [0.15, 0.2) is 0 Å². The molecule has 0 radical (unpaired) electrons. The molecule has 0 aliphatic carbocycles. The van der Waals surface area contributed by atoms with Gasteiger partial charge in [0.25, 0.3) is 0 Å². The maximum absolute atomic E-state index is 3.29. The molecule has 2 aliphatic rings. The van der Waals surface area contributed by atoms with Crippen molar-refractivity contribution in [3.05, 3.63) is 0 Å². The van der Waals surface area contributed by atoms with Gasteiger partial charge in [-0.15, -0.1) is 24.8 Å². The van der Waals surface area contributed by atoms with E-state index in [-0.39, 0.29) is 24.8 Å². The van der Waals surface area contributed by atoms with Gasteiger partial charge in [-0.2, -0.15) is 0 Å². The lowest BCUT2D eigenvalue weighted by molar-refractivity contribution is 0.377. The van der Waals surface area contributed by atoms with Crippen molar-refractivity contribution in [1.82, 2.24) is 9.80 Å². The topological polar surface area (TPSA) is 6.48 Å². The summed E-state index contributed by atoms with van der Waals surface area (Å²) >= 11 is 0. The SMILES string of the molecule is C(#CCN1CCCC1)CN1CCCC1.Cl.Cl. The highest BCUT2D eigenvalue weighted by Crippen LogP contribution is 2.06. The first-order valence-corrected chi connectivity index (χ1v) is 5.85. The second kappa shape index (κ2) is 9.13. The molecular weight excluding hydrogens is 243 g/mol. The van der Waals surface area contributed by atoms with Gasteiger partial charge in [0, 0.05) is 0 Å². The summed E-state index contributed by atoms with van der Waals surface area (Å²) in [5.74, 6) is 6.58. The molecule has 2 saturated heterocycles. The summed E-state index contributed by atoms with van der Waals surface area (Å²) in [6.07, 6.45) is 5.48. The summed E-state index contributed by atoms with van der Waals surface area (Å²) in [4.78, 5) is 4.91. The van der Waals surface area contributed by atoms with Crippen LogP contribution in [0.5, 0.6) is 0 Å². The predicted octanol–water partition coefficient (Wildman–Crippen LogP) is 2.03. The van der Waals surface area contributed by atoms with Gasteiger partial charge in [0.2, 0.25) is 0 Å². The Balaban J connectivity index is 0.00000112. The fraction of sp³-hybridized carbons (Fsp3) is 0.833. The molecule has 4 heteroatoms. The van der Waals surface area contributed by atoms with Crippen molar-refractivity contribution >= 4 is 24.8 Å². The molecular formula is C12H22Cl2N2. The van der Waals surface area contributed by atoms with Gasteiger partial charge in [-0.1, -0.05) is 11.8 Å². The quantitative estimate of drug-likeness (QED) is 0.705. The van der Waals surface area contributed by atoms with Gasteiger partial charge in [0.1, 0.15) is 0 Å². The molecule has 0 aromatic rings. The number of hydrogen-bond donors (Lipinski definition) is 0. The molecule has 0 unspecified atom stereocenters. The van der Waals surface area contributed by atoms with E-state index in [1.165, 1.54) is 51.9 Å². The van der Waals surface area contributed by atoms with E-state index in [9.17, 15) is 0 Å². The Morgan fingerprint density at radius 1 is 0.625 bits per heavy atom. The van der Waals surface area contributed by atoms with E-state index in [1.807, 2.05) is 0 Å². The Labute approximate surface area is 112 Å². The first-order valence-electron chi connectivity index (χ1n) is 5.85. The fourth-order valence-corrected chi connectivity index (χ4v) is 2.22. The molecule has 2 rings (SSSR count). The van der Waals surface area contributed by atoms with Crippen LogP contribution < -0.4 is 0 Å². The van der Waals surface area contributed by atoms with Crippen LogP contribution in [0.15, 0.2) is 0 Å². The van der Waals surface area contributed by atoms with Crippen molar-refractivity contribution in [3.63, 3.8) is 0 Å². The average molecular weight is 265 g/mol. The van der Waals surface area contributed by atoms with Crippen molar-refractivity contribution in [2.24, 2.45) is 0 Å². The maximum atomic E-state index is 3.29. The lowest BCUT2D eigenvalue weighted by Crippen LogP contribution is -2.21. The van der Waals surface area contributed by atoms with Crippen molar-refractivity contribution in [2.75, 3.05) is 39.3 Å². The van der Waals surface area contributed by atoms with Gasteiger partial charge in [-0.25, -0.2) is 0 Å². The van der Waals surface area contributed by atoms with Crippen LogP contribution in [0, 0.1) is 11.8 Å². The molecule has 2 nitrogen and oxygen atoms in total. The summed E-state index contributed by atoms with van der Waals surface area (Å²) in [6.45, 7) is 7.04. The first-order chi connectivity index (χ1) is 6.95. The van der Waals surface area contributed by atoms with E-state index in [4.69, 9.17) is 0 Å². The zero-order valence-corrected chi connectivity index (χ0v) is 11.4. The van der Waals surface area contributed by atoms with E-state index in [0.717, 1.165) is 13.1 Å². The lowest BCUT2D eigenvalue weighted by atomic mass is 10.4. The highest BCUT2D eigenvalue weighted by molar-refractivity contribution is 5.85. The molecule has 2 aliphatic heterocycles. The summed E-state index contributed by atoms with van der Waals surface area (Å²) in [7, 11) is 0. The molecule has 94 valence electrons. The van der Waals surface area contributed by atoms with Crippen LogP contribution >= 0.6 is 24.8 Å². The van der Waals surface area contributed by atoms with Crippen molar-refractivity contribution in [3.8, 4) is 11.8 Å². The first kappa shape index (κ1) is 16.1. The van der Waals surface area contributed by atoms with E-state index < -0.39 is 0 Å². The minimum atomic E-state index is 0. The van der Waals surface area contributed by atoms with E-state index in [1.54, 1.807) is 0 Å². The molecule has 2 heterocycles. The van der Waals surface area contributed by atoms with E-state index in [2.05, 4.69) is 21.6 Å². The molecule has 0 amide bonds. The number of rotatable bonds is 2. The molecule has 0 bridgehead atoms. The summed E-state index contributed by atoms with van der Waals surface area (Å²) in [5, 5.41) is 0. The Bertz CT molecular complexity index is 201. The van der Waals surface area contributed by atoms with Crippen LogP contribution in [0.4, 0.5) is 0 Å². The third-order valence-electron chi connectivity index (χ3n) is 3.13. The number of halogens is 2. The Morgan fingerprint density at radius 3 is 1.25 bits per heavy atom. The zero-order valence-electron chi connectivity index (χ0n) is 9.78. The highest BCUT2D eigenvalue weighted by Gasteiger charge is 2.10. The van der Waals surface area contributed by atoms with E-state index >= 15 is 0 Å². The smallest absolute Gasteiger partial charge is 0.0602 e. The lowest BCUT2D eigenvalue weighted by Gasteiger charge is -2.10. The predicted molar refractivity (Wildman–Crippen MR) is 73.6 cm³/mol. The third kappa shape index (κ3) is 5.41. The zero-order chi connectivity index (χ0) is 9.64. The molecule has 0 atom stereocenters. The van der Waals surface area contributed by atoms with Gasteiger partial charge in [0.05, 0.1) is 13.1 Å². The Kier molecular flexibility index (Phi) is 9.16. The Morgan fingerprint density at radius 2 is 0.938 bits per heavy atom. The van der Waals surface area contributed by atoms with Gasteiger partial charge < -0.3 is 0 Å². The highest BCUT2D eigenvalue weighted by atomic mass is 35.5. The van der Waals surface area contributed by atoms with Crippen molar-refractivity contribution in [2.45, 2.75) is 25.7 Å². The fourth-order valence-electron chi connectivity index (χ4n) is 2.22. The summed E-state index contributed by atoms with van der Waals surface area (Å²) in [6, 6.07) is 0.